The van der Waals surface area contributed by atoms with Gasteiger partial charge >= 0.3 is 0 Å². The number of carbonyl (C=O) groups is 1. The van der Waals surface area contributed by atoms with Crippen LogP contribution in [-0.4, -0.2) is 17.2 Å². The third-order valence-corrected chi connectivity index (χ3v) is 3.25. The van der Waals surface area contributed by atoms with Crippen LogP contribution < -0.4 is 5.43 Å². The number of rotatable bonds is 3. The van der Waals surface area contributed by atoms with Gasteiger partial charge in [0.15, 0.2) is 0 Å². The molecular formula is C17H18N2O2. The Labute approximate surface area is 124 Å². The van der Waals surface area contributed by atoms with Gasteiger partial charge in [-0.25, -0.2) is 5.43 Å². The van der Waals surface area contributed by atoms with Crippen LogP contribution in [0.1, 0.15) is 32.6 Å². The molecule has 0 aromatic heterocycles. The van der Waals surface area contributed by atoms with E-state index in [2.05, 4.69) is 22.7 Å². The Morgan fingerprint density at radius 2 is 1.76 bits per heavy atom. The zero-order valence-electron chi connectivity index (χ0n) is 12.3. The van der Waals surface area contributed by atoms with Crippen molar-refractivity contribution < 1.29 is 9.90 Å². The SMILES string of the molecule is Cc1cc(C)c(/C=N\NC(=O)c2ccccc2O)c(C)c1. The van der Waals surface area contributed by atoms with E-state index in [1.54, 1.807) is 24.4 Å². The molecule has 0 heterocycles. The van der Waals surface area contributed by atoms with Crippen LogP contribution in [0, 0.1) is 20.8 Å². The molecule has 4 nitrogen and oxygen atoms in total. The van der Waals surface area contributed by atoms with Crippen LogP contribution in [0.5, 0.6) is 5.75 Å². The number of aromatic hydroxyl groups is 1. The van der Waals surface area contributed by atoms with E-state index in [1.807, 2.05) is 20.8 Å². The monoisotopic (exact) mass is 282 g/mol. The Balaban J connectivity index is 2.13. The molecule has 0 fully saturated rings. The van der Waals surface area contributed by atoms with E-state index in [1.165, 1.54) is 11.6 Å². The summed E-state index contributed by atoms with van der Waals surface area (Å²) in [7, 11) is 0. The minimum atomic E-state index is -0.438. The normalized spacial score (nSPS) is 10.8. The van der Waals surface area contributed by atoms with Crippen molar-refractivity contribution in [3.63, 3.8) is 0 Å². The van der Waals surface area contributed by atoms with Crippen molar-refractivity contribution >= 4 is 12.1 Å². The van der Waals surface area contributed by atoms with Crippen LogP contribution in [0.3, 0.4) is 0 Å². The molecule has 0 radical (unpaired) electrons. The van der Waals surface area contributed by atoms with Crippen molar-refractivity contribution in [2.45, 2.75) is 20.8 Å². The number of hydrazone groups is 1. The molecule has 1 amide bonds. The second-order valence-corrected chi connectivity index (χ2v) is 5.03. The topological polar surface area (TPSA) is 61.7 Å². The average molecular weight is 282 g/mol. The highest BCUT2D eigenvalue weighted by atomic mass is 16.3. The lowest BCUT2D eigenvalue weighted by Gasteiger charge is -2.07. The average Bonchev–Trinajstić information content (AvgIpc) is 2.42. The Morgan fingerprint density at radius 3 is 2.38 bits per heavy atom. The molecule has 2 aromatic carbocycles. The maximum Gasteiger partial charge on any atom is 0.275 e. The number of nitrogens with zero attached hydrogens (tertiary/aromatic N) is 1. The van der Waals surface area contributed by atoms with Crippen molar-refractivity contribution in [3.05, 3.63) is 64.2 Å². The van der Waals surface area contributed by atoms with E-state index in [0.29, 0.717) is 0 Å². The highest BCUT2D eigenvalue weighted by Crippen LogP contribution is 2.16. The van der Waals surface area contributed by atoms with Crippen LogP contribution in [0.15, 0.2) is 41.5 Å². The third-order valence-electron chi connectivity index (χ3n) is 3.25. The molecular weight excluding hydrogens is 264 g/mol. The van der Waals surface area contributed by atoms with E-state index in [0.717, 1.165) is 16.7 Å². The molecule has 0 aliphatic rings. The molecule has 0 spiro atoms. The lowest BCUT2D eigenvalue weighted by atomic mass is 10.0. The summed E-state index contributed by atoms with van der Waals surface area (Å²) in [5.41, 5.74) is 7.02. The Bertz CT molecular complexity index is 683. The highest BCUT2D eigenvalue weighted by Gasteiger charge is 2.08. The van der Waals surface area contributed by atoms with Crippen LogP contribution >= 0.6 is 0 Å². The second kappa shape index (κ2) is 6.22. The molecule has 0 bridgehead atoms. The van der Waals surface area contributed by atoms with Gasteiger partial charge in [-0.2, -0.15) is 5.10 Å². The number of amides is 1. The number of hydrogen-bond acceptors (Lipinski definition) is 3. The summed E-state index contributed by atoms with van der Waals surface area (Å²) < 4.78 is 0. The largest absolute Gasteiger partial charge is 0.507 e. The van der Waals surface area contributed by atoms with Crippen molar-refractivity contribution in [1.82, 2.24) is 5.43 Å². The first-order valence-electron chi connectivity index (χ1n) is 6.68. The van der Waals surface area contributed by atoms with Gasteiger partial charge in [0.2, 0.25) is 0 Å². The number of aryl methyl sites for hydroxylation is 3. The highest BCUT2D eigenvalue weighted by molar-refractivity contribution is 5.97. The first-order chi connectivity index (χ1) is 9.99. The lowest BCUT2D eigenvalue weighted by Crippen LogP contribution is -2.17. The first-order valence-corrected chi connectivity index (χ1v) is 6.68. The van der Waals surface area contributed by atoms with Gasteiger partial charge in [0, 0.05) is 5.56 Å². The summed E-state index contributed by atoms with van der Waals surface area (Å²) in [6.45, 7) is 6.05. The molecule has 2 aromatic rings. The summed E-state index contributed by atoms with van der Waals surface area (Å²) in [6.07, 6.45) is 1.63. The maximum atomic E-state index is 11.9. The van der Waals surface area contributed by atoms with Crippen molar-refractivity contribution in [3.8, 4) is 5.75 Å². The van der Waals surface area contributed by atoms with Crippen LogP contribution in [0.2, 0.25) is 0 Å². The molecule has 0 atom stereocenters. The summed E-state index contributed by atoms with van der Waals surface area (Å²) in [5.74, 6) is -0.500. The number of hydrogen-bond donors (Lipinski definition) is 2. The number of phenols is 1. The van der Waals surface area contributed by atoms with E-state index in [4.69, 9.17) is 0 Å². The predicted molar refractivity (Wildman–Crippen MR) is 83.8 cm³/mol. The lowest BCUT2D eigenvalue weighted by molar-refractivity contribution is 0.0952. The van der Waals surface area contributed by atoms with Crippen LogP contribution in [0.4, 0.5) is 0 Å². The van der Waals surface area contributed by atoms with Crippen molar-refractivity contribution in [2.24, 2.45) is 5.10 Å². The molecule has 0 saturated heterocycles. The number of para-hydroxylation sites is 1. The predicted octanol–water partition coefficient (Wildman–Crippen LogP) is 3.08. The smallest absolute Gasteiger partial charge is 0.275 e. The van der Waals surface area contributed by atoms with E-state index in [-0.39, 0.29) is 11.3 Å². The van der Waals surface area contributed by atoms with E-state index >= 15 is 0 Å². The van der Waals surface area contributed by atoms with Crippen molar-refractivity contribution in [1.29, 1.82) is 0 Å². The van der Waals surface area contributed by atoms with Gasteiger partial charge < -0.3 is 5.11 Å². The van der Waals surface area contributed by atoms with Crippen molar-refractivity contribution in [2.75, 3.05) is 0 Å². The van der Waals surface area contributed by atoms with Gasteiger partial charge in [-0.3, -0.25) is 4.79 Å². The summed E-state index contributed by atoms with van der Waals surface area (Å²) in [6, 6.07) is 10.5. The van der Waals surface area contributed by atoms with Crippen LogP contribution in [0.25, 0.3) is 0 Å². The fourth-order valence-electron chi connectivity index (χ4n) is 2.28. The van der Waals surface area contributed by atoms with E-state index in [9.17, 15) is 9.90 Å². The van der Waals surface area contributed by atoms with Gasteiger partial charge in [0.05, 0.1) is 11.8 Å². The quantitative estimate of drug-likeness (QED) is 0.671. The summed E-state index contributed by atoms with van der Waals surface area (Å²) in [5, 5.41) is 13.6. The molecule has 0 saturated carbocycles. The maximum absolute atomic E-state index is 11.9. The van der Waals surface area contributed by atoms with Gasteiger partial charge in [-0.05, 0) is 44.0 Å². The number of carbonyl (C=O) groups excluding carboxylic acids is 1. The molecule has 0 aliphatic heterocycles. The molecule has 21 heavy (non-hydrogen) atoms. The minimum absolute atomic E-state index is 0.0621. The number of phenolic OH excluding ortho intramolecular Hbond substituents is 1. The molecule has 0 unspecified atom stereocenters. The fraction of sp³-hybridized carbons (Fsp3) is 0.176. The standard InChI is InChI=1S/C17H18N2O2/c1-11-8-12(2)15(13(3)9-11)10-18-19-17(21)14-6-4-5-7-16(14)20/h4-10,20H,1-3H3,(H,19,21)/b18-10-. The fourth-order valence-corrected chi connectivity index (χ4v) is 2.28. The van der Waals surface area contributed by atoms with Gasteiger partial charge in [0.1, 0.15) is 5.75 Å². The molecule has 4 heteroatoms. The number of nitrogens with one attached hydrogen (secondary N) is 1. The minimum Gasteiger partial charge on any atom is -0.507 e. The van der Waals surface area contributed by atoms with Gasteiger partial charge in [-0.1, -0.05) is 29.8 Å². The zero-order chi connectivity index (χ0) is 15.4. The van der Waals surface area contributed by atoms with Gasteiger partial charge in [-0.15, -0.1) is 0 Å². The first kappa shape index (κ1) is 14.8. The van der Waals surface area contributed by atoms with E-state index < -0.39 is 5.91 Å². The third kappa shape index (κ3) is 3.48. The number of benzene rings is 2. The Morgan fingerprint density at radius 1 is 1.14 bits per heavy atom. The molecule has 2 N–H and O–H groups in total. The Hall–Kier alpha value is -2.62. The molecule has 108 valence electrons. The second-order valence-electron chi connectivity index (χ2n) is 5.03. The molecule has 2 rings (SSSR count). The Kier molecular flexibility index (Phi) is 4.38. The summed E-state index contributed by atoms with van der Waals surface area (Å²) >= 11 is 0. The van der Waals surface area contributed by atoms with Crippen LogP contribution in [-0.2, 0) is 0 Å². The zero-order valence-corrected chi connectivity index (χ0v) is 12.3. The molecule has 0 aliphatic carbocycles. The van der Waals surface area contributed by atoms with Gasteiger partial charge in [0.25, 0.3) is 5.91 Å². The summed E-state index contributed by atoms with van der Waals surface area (Å²) in [4.78, 5) is 11.9.